The summed E-state index contributed by atoms with van der Waals surface area (Å²) in [5.74, 6) is 1.45. The van der Waals surface area contributed by atoms with E-state index in [2.05, 4.69) is 20.2 Å². The van der Waals surface area contributed by atoms with E-state index in [1.165, 1.54) is 0 Å². The minimum atomic E-state index is 0.430. The quantitative estimate of drug-likeness (QED) is 0.938. The first-order chi connectivity index (χ1) is 10.7. The van der Waals surface area contributed by atoms with Crippen LogP contribution in [0.4, 0.5) is 5.82 Å². The average molecular weight is 319 g/mol. The molecule has 0 radical (unpaired) electrons. The van der Waals surface area contributed by atoms with E-state index in [1.807, 2.05) is 31.2 Å². The Bertz CT molecular complexity index is 644. The van der Waals surface area contributed by atoms with Gasteiger partial charge in [-0.2, -0.15) is 4.98 Å². The van der Waals surface area contributed by atoms with Crippen LogP contribution in [0.5, 0.6) is 5.88 Å². The summed E-state index contributed by atoms with van der Waals surface area (Å²) in [4.78, 5) is 11.3. The molecule has 1 aromatic carbocycles. The topological polar surface area (TPSA) is 50.3 Å². The highest BCUT2D eigenvalue weighted by Gasteiger charge is 2.15. The molecule has 116 valence electrons. The SMILES string of the molecule is Cc1ncc(OCc2cccc(Cl)c2)nc1N1CCNCC1. The monoisotopic (exact) mass is 318 g/mol. The average Bonchev–Trinajstić information content (AvgIpc) is 2.55. The number of nitrogens with zero attached hydrogens (tertiary/aromatic N) is 3. The van der Waals surface area contributed by atoms with Crippen molar-refractivity contribution < 1.29 is 4.74 Å². The van der Waals surface area contributed by atoms with Gasteiger partial charge in [-0.25, -0.2) is 0 Å². The molecule has 5 nitrogen and oxygen atoms in total. The van der Waals surface area contributed by atoms with Crippen LogP contribution < -0.4 is 15.0 Å². The number of benzene rings is 1. The lowest BCUT2D eigenvalue weighted by Crippen LogP contribution is -2.44. The molecule has 0 amide bonds. The van der Waals surface area contributed by atoms with Crippen LogP contribution in [0.15, 0.2) is 30.5 Å². The van der Waals surface area contributed by atoms with E-state index in [9.17, 15) is 0 Å². The van der Waals surface area contributed by atoms with Gasteiger partial charge in [-0.1, -0.05) is 23.7 Å². The maximum atomic E-state index is 5.98. The number of hydrogen-bond donors (Lipinski definition) is 1. The second kappa shape index (κ2) is 6.94. The minimum Gasteiger partial charge on any atom is -0.472 e. The van der Waals surface area contributed by atoms with Gasteiger partial charge in [-0.3, -0.25) is 4.98 Å². The normalized spacial score (nSPS) is 14.9. The van der Waals surface area contributed by atoms with Crippen LogP contribution in [0.1, 0.15) is 11.3 Å². The first-order valence-corrected chi connectivity index (χ1v) is 7.77. The predicted octanol–water partition coefficient (Wildman–Crippen LogP) is 2.43. The van der Waals surface area contributed by atoms with Crippen molar-refractivity contribution in [1.82, 2.24) is 15.3 Å². The molecule has 0 unspecified atom stereocenters. The summed E-state index contributed by atoms with van der Waals surface area (Å²) in [6.45, 7) is 6.22. The zero-order valence-electron chi connectivity index (χ0n) is 12.6. The lowest BCUT2D eigenvalue weighted by Gasteiger charge is -2.29. The number of nitrogens with one attached hydrogen (secondary N) is 1. The highest BCUT2D eigenvalue weighted by Crippen LogP contribution is 2.20. The van der Waals surface area contributed by atoms with Gasteiger partial charge in [0.15, 0.2) is 5.82 Å². The van der Waals surface area contributed by atoms with Gasteiger partial charge in [0.1, 0.15) is 6.61 Å². The van der Waals surface area contributed by atoms with Crippen molar-refractivity contribution in [2.24, 2.45) is 0 Å². The van der Waals surface area contributed by atoms with Crippen LogP contribution in [0.25, 0.3) is 0 Å². The molecular weight excluding hydrogens is 300 g/mol. The Kier molecular flexibility index (Phi) is 4.75. The van der Waals surface area contributed by atoms with Crippen LogP contribution in [0.3, 0.4) is 0 Å². The standard InChI is InChI=1S/C16H19ClN4O/c1-12-16(21-7-5-18-6-8-21)20-15(10-19-12)22-11-13-3-2-4-14(17)9-13/h2-4,9-10,18H,5-8,11H2,1H3. The van der Waals surface area contributed by atoms with Crippen LogP contribution in [0.2, 0.25) is 5.02 Å². The zero-order chi connectivity index (χ0) is 15.4. The van der Waals surface area contributed by atoms with Crippen molar-refractivity contribution in [3.8, 4) is 5.88 Å². The van der Waals surface area contributed by atoms with Crippen LogP contribution in [-0.2, 0) is 6.61 Å². The van der Waals surface area contributed by atoms with Crippen molar-refractivity contribution in [1.29, 1.82) is 0 Å². The molecule has 1 aliphatic rings. The third-order valence-corrected chi connectivity index (χ3v) is 3.84. The second-order valence-electron chi connectivity index (χ2n) is 5.27. The van der Waals surface area contributed by atoms with Crippen LogP contribution >= 0.6 is 11.6 Å². The van der Waals surface area contributed by atoms with E-state index >= 15 is 0 Å². The fourth-order valence-corrected chi connectivity index (χ4v) is 2.67. The molecule has 22 heavy (non-hydrogen) atoms. The van der Waals surface area contributed by atoms with Gasteiger partial charge in [0, 0.05) is 31.2 Å². The Morgan fingerprint density at radius 1 is 1.32 bits per heavy atom. The molecule has 3 rings (SSSR count). The van der Waals surface area contributed by atoms with Gasteiger partial charge in [0.2, 0.25) is 5.88 Å². The molecule has 1 aromatic heterocycles. The first-order valence-electron chi connectivity index (χ1n) is 7.39. The Morgan fingerprint density at radius 3 is 2.91 bits per heavy atom. The number of halogens is 1. The molecular formula is C16H19ClN4O. The van der Waals surface area contributed by atoms with E-state index in [-0.39, 0.29) is 0 Å². The van der Waals surface area contributed by atoms with Crippen molar-refractivity contribution in [3.63, 3.8) is 0 Å². The predicted molar refractivity (Wildman–Crippen MR) is 87.6 cm³/mol. The fraction of sp³-hybridized carbons (Fsp3) is 0.375. The molecule has 0 spiro atoms. The molecule has 1 saturated heterocycles. The third kappa shape index (κ3) is 3.67. The summed E-state index contributed by atoms with van der Waals surface area (Å²) in [5.41, 5.74) is 1.94. The van der Waals surface area contributed by atoms with Crippen molar-refractivity contribution in [3.05, 3.63) is 46.7 Å². The Hall–Kier alpha value is -1.85. The Morgan fingerprint density at radius 2 is 2.14 bits per heavy atom. The third-order valence-electron chi connectivity index (χ3n) is 3.60. The van der Waals surface area contributed by atoms with E-state index in [0.29, 0.717) is 17.5 Å². The summed E-state index contributed by atoms with van der Waals surface area (Å²) >= 11 is 5.98. The van der Waals surface area contributed by atoms with Gasteiger partial charge in [0.25, 0.3) is 0 Å². The number of ether oxygens (including phenoxy) is 1. The first kappa shape index (κ1) is 15.1. The van der Waals surface area contributed by atoms with Crippen LogP contribution in [-0.4, -0.2) is 36.1 Å². The summed E-state index contributed by atoms with van der Waals surface area (Å²) < 4.78 is 5.76. The summed E-state index contributed by atoms with van der Waals surface area (Å²) in [5, 5.41) is 4.04. The van der Waals surface area contributed by atoms with Gasteiger partial charge < -0.3 is 15.0 Å². The van der Waals surface area contributed by atoms with Crippen molar-refractivity contribution in [2.45, 2.75) is 13.5 Å². The largest absolute Gasteiger partial charge is 0.472 e. The highest BCUT2D eigenvalue weighted by atomic mass is 35.5. The fourth-order valence-electron chi connectivity index (χ4n) is 2.45. The van der Waals surface area contributed by atoms with Gasteiger partial charge in [-0.05, 0) is 24.6 Å². The molecule has 1 aliphatic heterocycles. The van der Waals surface area contributed by atoms with Crippen molar-refractivity contribution >= 4 is 17.4 Å². The summed E-state index contributed by atoms with van der Waals surface area (Å²) in [7, 11) is 0. The molecule has 2 heterocycles. The maximum absolute atomic E-state index is 5.98. The zero-order valence-corrected chi connectivity index (χ0v) is 13.3. The number of piperazine rings is 1. The number of aromatic nitrogens is 2. The van der Waals surface area contributed by atoms with Gasteiger partial charge in [-0.15, -0.1) is 0 Å². The molecule has 2 aromatic rings. The number of aryl methyl sites for hydroxylation is 1. The maximum Gasteiger partial charge on any atom is 0.234 e. The number of anilines is 1. The smallest absolute Gasteiger partial charge is 0.234 e. The molecule has 0 saturated carbocycles. The number of rotatable bonds is 4. The molecule has 0 atom stereocenters. The Labute approximate surface area is 135 Å². The number of hydrogen-bond acceptors (Lipinski definition) is 5. The molecule has 6 heteroatoms. The van der Waals surface area contributed by atoms with Crippen LogP contribution in [0, 0.1) is 6.92 Å². The molecule has 0 aliphatic carbocycles. The highest BCUT2D eigenvalue weighted by molar-refractivity contribution is 6.30. The van der Waals surface area contributed by atoms with Crippen molar-refractivity contribution in [2.75, 3.05) is 31.1 Å². The van der Waals surface area contributed by atoms with E-state index in [0.717, 1.165) is 43.3 Å². The molecule has 1 N–H and O–H groups in total. The van der Waals surface area contributed by atoms with Gasteiger partial charge in [0.05, 0.1) is 11.9 Å². The van der Waals surface area contributed by atoms with E-state index in [1.54, 1.807) is 6.20 Å². The van der Waals surface area contributed by atoms with Gasteiger partial charge >= 0.3 is 0 Å². The van der Waals surface area contributed by atoms with E-state index < -0.39 is 0 Å². The summed E-state index contributed by atoms with van der Waals surface area (Å²) in [6, 6.07) is 7.62. The Balaban J connectivity index is 1.71. The molecule has 0 bridgehead atoms. The lowest BCUT2D eigenvalue weighted by molar-refractivity contribution is 0.292. The minimum absolute atomic E-state index is 0.430. The summed E-state index contributed by atoms with van der Waals surface area (Å²) in [6.07, 6.45) is 1.67. The lowest BCUT2D eigenvalue weighted by atomic mass is 10.2. The second-order valence-corrected chi connectivity index (χ2v) is 5.71. The molecule has 1 fully saturated rings. The van der Waals surface area contributed by atoms with E-state index in [4.69, 9.17) is 16.3 Å².